The van der Waals surface area contributed by atoms with E-state index in [0.717, 1.165) is 5.56 Å². The van der Waals surface area contributed by atoms with Gasteiger partial charge < -0.3 is 19.5 Å². The van der Waals surface area contributed by atoms with Gasteiger partial charge in [-0.15, -0.1) is 0 Å². The van der Waals surface area contributed by atoms with E-state index in [1.807, 2.05) is 12.1 Å². The summed E-state index contributed by atoms with van der Waals surface area (Å²) in [6.45, 7) is 0.249. The minimum Gasteiger partial charge on any atom is -0.426 e. The quantitative estimate of drug-likeness (QED) is 0.397. The number of hydrogen-bond acceptors (Lipinski definition) is 8. The van der Waals surface area contributed by atoms with Crippen molar-refractivity contribution in [3.8, 4) is 5.75 Å². The van der Waals surface area contributed by atoms with Crippen LogP contribution in [-0.4, -0.2) is 31.8 Å². The first-order valence-electron chi connectivity index (χ1n) is 8.22. The van der Waals surface area contributed by atoms with Crippen LogP contribution >= 0.6 is 20.8 Å². The van der Waals surface area contributed by atoms with Crippen molar-refractivity contribution in [3.05, 3.63) is 57.2 Å². The molecule has 0 amide bonds. The molecule has 4 rings (SSSR count). The number of fused-ring (bicyclic) bond motifs is 1. The molecule has 3 unspecified atom stereocenters. The molecule has 0 saturated carbocycles. The first kappa shape index (κ1) is 18.7. The third-order valence-corrected chi connectivity index (χ3v) is 5.67. The van der Waals surface area contributed by atoms with Crippen LogP contribution in [0.3, 0.4) is 0 Å². The van der Waals surface area contributed by atoms with Crippen molar-refractivity contribution in [2.24, 2.45) is 0 Å². The average molecular weight is 412 g/mol. The summed E-state index contributed by atoms with van der Waals surface area (Å²) >= 11 is 5.11. The Bertz CT molecular complexity index is 947. The lowest BCUT2D eigenvalue weighted by Gasteiger charge is -2.32. The van der Waals surface area contributed by atoms with E-state index in [-0.39, 0.29) is 16.9 Å². The standard InChI is InChI=1S/C16H17N2O7PS/c19-13-7-8-18(15(27)17-13)14-6-5-12(23-14)16(20,21)25-26-22-9-10-3-1-2-4-11(10)24-26/h1-4,7-8,12,14,20-21H,5-6,9H2,(H,17,19,27). The van der Waals surface area contributed by atoms with Crippen LogP contribution < -0.4 is 10.1 Å². The molecule has 2 aromatic rings. The number of hydrogen-bond donors (Lipinski definition) is 3. The lowest BCUT2D eigenvalue weighted by molar-refractivity contribution is -0.346. The van der Waals surface area contributed by atoms with Gasteiger partial charge in [-0.25, -0.2) is 4.52 Å². The van der Waals surface area contributed by atoms with Gasteiger partial charge in [0.25, 0.3) is 5.56 Å². The van der Waals surface area contributed by atoms with Gasteiger partial charge in [-0.1, -0.05) is 18.2 Å². The highest BCUT2D eigenvalue weighted by molar-refractivity contribution is 7.71. The number of aromatic nitrogens is 2. The molecule has 1 aromatic carbocycles. The highest BCUT2D eigenvalue weighted by Crippen LogP contribution is 2.50. The molecule has 11 heteroatoms. The predicted molar refractivity (Wildman–Crippen MR) is 96.1 cm³/mol. The monoisotopic (exact) mass is 412 g/mol. The summed E-state index contributed by atoms with van der Waals surface area (Å²) in [6.07, 6.45) is 0.671. The number of aliphatic hydroxyl groups is 2. The van der Waals surface area contributed by atoms with Crippen molar-refractivity contribution >= 4 is 20.8 Å². The van der Waals surface area contributed by atoms with Gasteiger partial charge in [0.05, 0.1) is 6.61 Å². The third kappa shape index (κ3) is 3.97. The Labute approximate surface area is 160 Å². The van der Waals surface area contributed by atoms with Gasteiger partial charge in [0.2, 0.25) is 0 Å². The SMILES string of the molecule is O=c1ccn(C2CCC(C(O)(O)OP3OCc4ccccc4O3)O2)c(=S)[nH]1. The summed E-state index contributed by atoms with van der Waals surface area (Å²) in [5.74, 6) is -2.02. The van der Waals surface area contributed by atoms with Crippen LogP contribution in [0, 0.1) is 4.77 Å². The van der Waals surface area contributed by atoms with Crippen LogP contribution in [0.25, 0.3) is 0 Å². The molecule has 9 nitrogen and oxygen atoms in total. The van der Waals surface area contributed by atoms with Crippen molar-refractivity contribution in [1.29, 1.82) is 0 Å². The second-order valence-corrected chi connectivity index (χ2v) is 7.58. The van der Waals surface area contributed by atoms with Gasteiger partial charge in [-0.3, -0.25) is 18.9 Å². The van der Waals surface area contributed by atoms with Crippen LogP contribution in [-0.2, 0) is 20.4 Å². The van der Waals surface area contributed by atoms with Gasteiger partial charge in [-0.2, -0.15) is 0 Å². The molecule has 27 heavy (non-hydrogen) atoms. The number of aromatic amines is 1. The molecule has 0 bridgehead atoms. The highest BCUT2D eigenvalue weighted by Gasteiger charge is 2.46. The fraction of sp³-hybridized carbons (Fsp3) is 0.375. The lowest BCUT2D eigenvalue weighted by Crippen LogP contribution is -2.44. The Kier molecular flexibility index (Phi) is 5.13. The van der Waals surface area contributed by atoms with Crippen LogP contribution in [0.5, 0.6) is 5.75 Å². The third-order valence-electron chi connectivity index (χ3n) is 4.26. The zero-order valence-corrected chi connectivity index (χ0v) is 15.7. The van der Waals surface area contributed by atoms with Crippen molar-refractivity contribution < 1.29 is 28.5 Å². The maximum atomic E-state index is 11.3. The Morgan fingerprint density at radius 3 is 2.93 bits per heavy atom. The summed E-state index contributed by atoms with van der Waals surface area (Å²) in [4.78, 5) is 13.8. The number of ether oxygens (including phenoxy) is 1. The molecule has 1 aromatic heterocycles. The maximum Gasteiger partial charge on any atom is 0.402 e. The van der Waals surface area contributed by atoms with Crippen LogP contribution in [0.2, 0.25) is 0 Å². The highest BCUT2D eigenvalue weighted by atomic mass is 32.1. The van der Waals surface area contributed by atoms with E-state index in [1.165, 1.54) is 12.3 Å². The first-order valence-corrected chi connectivity index (χ1v) is 9.72. The minimum atomic E-state index is -2.60. The largest absolute Gasteiger partial charge is 0.426 e. The zero-order valence-electron chi connectivity index (χ0n) is 14.0. The number of benzene rings is 1. The lowest BCUT2D eigenvalue weighted by atomic mass is 10.2. The van der Waals surface area contributed by atoms with Crippen LogP contribution in [0.15, 0.2) is 41.3 Å². The second-order valence-electron chi connectivity index (χ2n) is 6.12. The van der Waals surface area contributed by atoms with Crippen LogP contribution in [0.4, 0.5) is 0 Å². The summed E-state index contributed by atoms with van der Waals surface area (Å²) in [6, 6.07) is 8.59. The van der Waals surface area contributed by atoms with E-state index in [1.54, 1.807) is 16.7 Å². The number of nitrogens with zero attached hydrogens (tertiary/aromatic N) is 1. The van der Waals surface area contributed by atoms with Crippen molar-refractivity contribution in [3.63, 3.8) is 0 Å². The molecule has 2 aliphatic heterocycles. The molecule has 3 atom stereocenters. The molecule has 0 spiro atoms. The van der Waals surface area contributed by atoms with Gasteiger partial charge >= 0.3 is 14.6 Å². The smallest absolute Gasteiger partial charge is 0.402 e. The van der Waals surface area contributed by atoms with Crippen LogP contribution in [0.1, 0.15) is 24.6 Å². The average Bonchev–Trinajstić information content (AvgIpc) is 3.12. The topological polar surface area (TPSA) is 115 Å². The van der Waals surface area contributed by atoms with Gasteiger partial charge in [0.15, 0.2) is 4.77 Å². The minimum absolute atomic E-state index is 0.190. The van der Waals surface area contributed by atoms with E-state index in [0.29, 0.717) is 18.6 Å². The summed E-state index contributed by atoms with van der Waals surface area (Å²) in [5, 5.41) is 20.7. The fourth-order valence-electron chi connectivity index (χ4n) is 2.91. The van der Waals surface area contributed by atoms with E-state index in [9.17, 15) is 15.0 Å². The molecule has 0 radical (unpaired) electrons. The Morgan fingerprint density at radius 1 is 1.30 bits per heavy atom. The van der Waals surface area contributed by atoms with E-state index >= 15 is 0 Å². The molecular formula is C16H17N2O7PS. The number of H-pyrrole nitrogens is 1. The summed E-state index contributed by atoms with van der Waals surface area (Å²) < 4.78 is 23.7. The Hall–Kier alpha value is -1.65. The number of para-hydroxylation sites is 1. The van der Waals surface area contributed by atoms with Crippen molar-refractivity contribution in [2.75, 3.05) is 0 Å². The molecule has 2 aliphatic rings. The molecule has 3 N–H and O–H groups in total. The number of rotatable bonds is 4. The molecular weight excluding hydrogens is 395 g/mol. The fourth-order valence-corrected chi connectivity index (χ4v) is 4.25. The molecule has 144 valence electrons. The zero-order chi connectivity index (χ0) is 19.0. The van der Waals surface area contributed by atoms with E-state index in [4.69, 9.17) is 30.5 Å². The Balaban J connectivity index is 1.42. The van der Waals surface area contributed by atoms with Gasteiger partial charge in [0, 0.05) is 17.8 Å². The summed E-state index contributed by atoms with van der Waals surface area (Å²) in [7, 11) is -2.00. The number of nitrogens with one attached hydrogen (secondary N) is 1. The van der Waals surface area contributed by atoms with Gasteiger partial charge in [-0.05, 0) is 31.1 Å². The van der Waals surface area contributed by atoms with Crippen molar-refractivity contribution in [1.82, 2.24) is 9.55 Å². The normalized spacial score (nSPS) is 25.0. The predicted octanol–water partition coefficient (Wildman–Crippen LogP) is 2.07. The maximum absolute atomic E-state index is 11.3. The molecule has 1 fully saturated rings. The Morgan fingerprint density at radius 2 is 2.11 bits per heavy atom. The molecule has 0 aliphatic carbocycles. The molecule has 1 saturated heterocycles. The molecule has 3 heterocycles. The van der Waals surface area contributed by atoms with Crippen molar-refractivity contribution in [2.45, 2.75) is 37.8 Å². The van der Waals surface area contributed by atoms with Gasteiger partial charge in [0.1, 0.15) is 18.1 Å². The van der Waals surface area contributed by atoms with E-state index in [2.05, 4.69) is 4.98 Å². The second kappa shape index (κ2) is 7.40. The van der Waals surface area contributed by atoms with E-state index < -0.39 is 26.9 Å². The first-order chi connectivity index (χ1) is 12.9. The summed E-state index contributed by atoms with van der Waals surface area (Å²) in [5.41, 5.74) is 0.536.